The van der Waals surface area contributed by atoms with Crippen LogP contribution < -0.4 is 4.90 Å². The molecule has 2 aliphatic rings. The quantitative estimate of drug-likeness (QED) is 0.782. The van der Waals surface area contributed by atoms with Crippen LogP contribution in [0.5, 0.6) is 0 Å². The van der Waals surface area contributed by atoms with E-state index in [1.807, 2.05) is 17.1 Å². The molecular weight excluding hydrogens is 223 g/mol. The van der Waals surface area contributed by atoms with Gasteiger partial charge in [0.25, 0.3) is 6.29 Å². The smallest absolute Gasteiger partial charge is 0.256 e. The van der Waals surface area contributed by atoms with E-state index in [1.165, 1.54) is 24.8 Å². The Morgan fingerprint density at radius 3 is 3.06 bits per heavy atom. The van der Waals surface area contributed by atoms with Gasteiger partial charge < -0.3 is 14.4 Å². The zero-order valence-corrected chi connectivity index (χ0v) is 9.04. The van der Waals surface area contributed by atoms with E-state index in [4.69, 9.17) is 9.47 Å². The zero-order chi connectivity index (χ0) is 11.7. The molecular formula is C12H11FN2O2. The summed E-state index contributed by atoms with van der Waals surface area (Å²) in [6.07, 6.45) is 7.77. The van der Waals surface area contributed by atoms with E-state index in [9.17, 15) is 4.39 Å². The van der Waals surface area contributed by atoms with Crippen LogP contribution in [0.4, 0.5) is 10.1 Å². The highest BCUT2D eigenvalue weighted by Gasteiger charge is 2.21. The average Bonchev–Trinajstić information content (AvgIpc) is 2.83. The van der Waals surface area contributed by atoms with Gasteiger partial charge >= 0.3 is 0 Å². The van der Waals surface area contributed by atoms with E-state index >= 15 is 0 Å². The molecule has 0 radical (unpaired) electrons. The van der Waals surface area contributed by atoms with Gasteiger partial charge in [-0.15, -0.1) is 0 Å². The lowest BCUT2D eigenvalue weighted by atomic mass is 10.2. The highest BCUT2D eigenvalue weighted by molar-refractivity contribution is 5.68. The predicted octanol–water partition coefficient (Wildman–Crippen LogP) is 1.90. The summed E-state index contributed by atoms with van der Waals surface area (Å²) in [4.78, 5) is 6.02. The summed E-state index contributed by atoms with van der Waals surface area (Å²) in [5.41, 5.74) is 1.54. The Labute approximate surface area is 98.0 Å². The molecule has 4 nitrogen and oxygen atoms in total. The fourth-order valence-corrected chi connectivity index (χ4v) is 1.92. The lowest BCUT2D eigenvalue weighted by Gasteiger charge is -2.28. The van der Waals surface area contributed by atoms with E-state index < -0.39 is 0 Å². The van der Waals surface area contributed by atoms with Crippen molar-refractivity contribution in [3.63, 3.8) is 0 Å². The van der Waals surface area contributed by atoms with Crippen LogP contribution in [0.3, 0.4) is 0 Å². The third-order valence-electron chi connectivity index (χ3n) is 2.69. The maximum absolute atomic E-state index is 13.2. The summed E-state index contributed by atoms with van der Waals surface area (Å²) in [5, 5.41) is 0. The number of fused-ring (bicyclic) bond motifs is 1. The number of rotatable bonds is 2. The summed E-state index contributed by atoms with van der Waals surface area (Å²) >= 11 is 0. The van der Waals surface area contributed by atoms with Crippen molar-refractivity contribution in [2.24, 2.45) is 0 Å². The Bertz CT molecular complexity index is 479. The molecule has 5 heteroatoms. The van der Waals surface area contributed by atoms with Gasteiger partial charge in [0.1, 0.15) is 18.3 Å². The van der Waals surface area contributed by atoms with Crippen LogP contribution in [0.1, 0.15) is 5.69 Å². The van der Waals surface area contributed by atoms with Crippen molar-refractivity contribution in [2.45, 2.75) is 6.29 Å². The first-order valence-electron chi connectivity index (χ1n) is 5.36. The molecule has 0 aromatic carbocycles. The van der Waals surface area contributed by atoms with Crippen LogP contribution in [0.2, 0.25) is 0 Å². The maximum Gasteiger partial charge on any atom is 0.256 e. The Morgan fingerprint density at radius 2 is 2.24 bits per heavy atom. The molecule has 1 aromatic heterocycles. The third kappa shape index (κ3) is 1.95. The van der Waals surface area contributed by atoms with Gasteiger partial charge in [-0.25, -0.2) is 4.39 Å². The molecule has 0 aliphatic carbocycles. The minimum Gasteiger partial charge on any atom is -0.457 e. The standard InChI is InChI=1S/C12H11FN2O2/c13-9-6-11-10(14-7-9)2-1-3-15(11)8-12-16-4-5-17-12/h1-2,4-7,12H,3,8H2. The van der Waals surface area contributed by atoms with Gasteiger partial charge in [-0.1, -0.05) is 6.08 Å². The molecule has 0 bridgehead atoms. The summed E-state index contributed by atoms with van der Waals surface area (Å²) in [5.74, 6) is -0.338. The normalized spacial score (nSPS) is 17.8. The molecule has 88 valence electrons. The van der Waals surface area contributed by atoms with Gasteiger partial charge in [0.15, 0.2) is 0 Å². The van der Waals surface area contributed by atoms with Crippen LogP contribution in [0, 0.1) is 5.82 Å². The van der Waals surface area contributed by atoms with Gasteiger partial charge in [-0.2, -0.15) is 0 Å². The van der Waals surface area contributed by atoms with Crippen molar-refractivity contribution in [2.75, 3.05) is 18.0 Å². The Kier molecular flexibility index (Phi) is 2.44. The molecule has 0 atom stereocenters. The van der Waals surface area contributed by atoms with Crippen molar-refractivity contribution in [3.8, 4) is 0 Å². The molecule has 2 aliphatic heterocycles. The summed E-state index contributed by atoms with van der Waals surface area (Å²) < 4.78 is 23.6. The second kappa shape index (κ2) is 4.08. The predicted molar refractivity (Wildman–Crippen MR) is 60.5 cm³/mol. The van der Waals surface area contributed by atoms with Crippen LogP contribution in [-0.2, 0) is 9.47 Å². The SMILES string of the molecule is Fc1cnc2c(c1)N(CC1OC=CO1)CC=C2. The summed E-state index contributed by atoms with van der Waals surface area (Å²) in [6.45, 7) is 1.23. The van der Waals surface area contributed by atoms with Crippen molar-refractivity contribution in [1.82, 2.24) is 4.98 Å². The second-order valence-electron chi connectivity index (χ2n) is 3.84. The van der Waals surface area contributed by atoms with E-state index in [2.05, 4.69) is 4.98 Å². The molecule has 1 aromatic rings. The minimum atomic E-state index is -0.338. The van der Waals surface area contributed by atoms with Gasteiger partial charge in [-0.05, 0) is 6.08 Å². The van der Waals surface area contributed by atoms with Gasteiger partial charge in [-0.3, -0.25) is 4.98 Å². The van der Waals surface area contributed by atoms with Crippen molar-refractivity contribution in [1.29, 1.82) is 0 Å². The monoisotopic (exact) mass is 234 g/mol. The molecule has 0 saturated carbocycles. The molecule has 0 fully saturated rings. The summed E-state index contributed by atoms with van der Waals surface area (Å²) in [6, 6.07) is 1.48. The highest BCUT2D eigenvalue weighted by atomic mass is 19.1. The number of pyridine rings is 1. The minimum absolute atomic E-state index is 0.336. The van der Waals surface area contributed by atoms with Crippen LogP contribution >= 0.6 is 0 Å². The molecule has 0 unspecified atom stereocenters. The second-order valence-corrected chi connectivity index (χ2v) is 3.84. The number of aromatic nitrogens is 1. The number of hydrogen-bond donors (Lipinski definition) is 0. The van der Waals surface area contributed by atoms with Gasteiger partial charge in [0, 0.05) is 12.6 Å². The fraction of sp³-hybridized carbons (Fsp3) is 0.250. The Balaban J connectivity index is 1.83. The lowest BCUT2D eigenvalue weighted by Crippen LogP contribution is -2.35. The Morgan fingerprint density at radius 1 is 1.41 bits per heavy atom. The van der Waals surface area contributed by atoms with Gasteiger partial charge in [0.05, 0.1) is 24.1 Å². The van der Waals surface area contributed by atoms with E-state index in [-0.39, 0.29) is 12.1 Å². The molecule has 0 spiro atoms. The molecule has 0 saturated heterocycles. The van der Waals surface area contributed by atoms with E-state index in [0.717, 1.165) is 11.4 Å². The molecule has 3 heterocycles. The molecule has 3 rings (SSSR count). The average molecular weight is 234 g/mol. The first kappa shape index (κ1) is 10.1. The first-order valence-corrected chi connectivity index (χ1v) is 5.36. The summed E-state index contributed by atoms with van der Waals surface area (Å²) in [7, 11) is 0. The zero-order valence-electron chi connectivity index (χ0n) is 9.04. The number of nitrogens with zero attached hydrogens (tertiary/aromatic N) is 2. The molecule has 0 N–H and O–H groups in total. The Hall–Kier alpha value is -2.04. The highest BCUT2D eigenvalue weighted by Crippen LogP contribution is 2.25. The molecule has 17 heavy (non-hydrogen) atoms. The van der Waals surface area contributed by atoms with Gasteiger partial charge in [0.2, 0.25) is 0 Å². The molecule has 0 amide bonds. The number of hydrogen-bond acceptors (Lipinski definition) is 4. The van der Waals surface area contributed by atoms with Crippen molar-refractivity contribution >= 4 is 11.8 Å². The van der Waals surface area contributed by atoms with Crippen LogP contribution in [-0.4, -0.2) is 24.4 Å². The lowest BCUT2D eigenvalue weighted by molar-refractivity contribution is -0.0148. The number of halogens is 1. The van der Waals surface area contributed by atoms with Crippen LogP contribution in [0.25, 0.3) is 6.08 Å². The van der Waals surface area contributed by atoms with E-state index in [1.54, 1.807) is 0 Å². The largest absolute Gasteiger partial charge is 0.457 e. The first-order chi connectivity index (χ1) is 8.33. The van der Waals surface area contributed by atoms with E-state index in [0.29, 0.717) is 13.1 Å². The van der Waals surface area contributed by atoms with Crippen molar-refractivity contribution < 1.29 is 13.9 Å². The number of anilines is 1. The third-order valence-corrected chi connectivity index (χ3v) is 2.69. The van der Waals surface area contributed by atoms with Crippen LogP contribution in [0.15, 0.2) is 30.9 Å². The fourth-order valence-electron chi connectivity index (χ4n) is 1.92. The number of ether oxygens (including phenoxy) is 2. The maximum atomic E-state index is 13.2. The topological polar surface area (TPSA) is 34.6 Å². The van der Waals surface area contributed by atoms with Crippen molar-refractivity contribution in [3.05, 3.63) is 42.4 Å².